The summed E-state index contributed by atoms with van der Waals surface area (Å²) in [5.74, 6) is -0.0487. The molecule has 0 saturated heterocycles. The minimum Gasteiger partial charge on any atom is -0.424 e. The Morgan fingerprint density at radius 2 is 1.58 bits per heavy atom. The molecular weight excluding hydrogens is 435 g/mol. The highest BCUT2D eigenvalue weighted by Gasteiger charge is 2.29. The molecule has 6 heteroatoms. The number of rotatable bonds is 8. The molecule has 0 unspecified atom stereocenters. The topological polar surface area (TPSA) is 52.6 Å². The summed E-state index contributed by atoms with van der Waals surface area (Å²) in [6, 6.07) is 7.08. The third-order valence-corrected chi connectivity index (χ3v) is 6.79. The zero-order valence-corrected chi connectivity index (χ0v) is 19.3. The molecular formula is C25H28Cl2O4. The lowest BCUT2D eigenvalue weighted by Crippen LogP contribution is -2.26. The predicted molar refractivity (Wildman–Crippen MR) is 125 cm³/mol. The van der Waals surface area contributed by atoms with E-state index in [0.29, 0.717) is 16.7 Å². The van der Waals surface area contributed by atoms with E-state index in [2.05, 4.69) is 13.5 Å². The molecule has 0 aromatic heterocycles. The van der Waals surface area contributed by atoms with Gasteiger partial charge in [0.05, 0.1) is 5.92 Å². The quantitative estimate of drug-likeness (QED) is 0.176. The van der Waals surface area contributed by atoms with Crippen LogP contribution in [0.2, 0.25) is 10.0 Å². The van der Waals surface area contributed by atoms with E-state index in [1.807, 2.05) is 0 Å². The lowest BCUT2D eigenvalue weighted by Gasteiger charge is -2.27. The van der Waals surface area contributed by atoms with Crippen LogP contribution in [0.25, 0.3) is 10.8 Å². The van der Waals surface area contributed by atoms with Crippen LogP contribution in [0.5, 0.6) is 11.5 Å². The van der Waals surface area contributed by atoms with Crippen LogP contribution in [-0.4, -0.2) is 11.9 Å². The summed E-state index contributed by atoms with van der Waals surface area (Å²) in [5.41, 5.74) is 0. The monoisotopic (exact) mass is 462 g/mol. The molecule has 0 spiro atoms. The van der Waals surface area contributed by atoms with Gasteiger partial charge in [-0.25, -0.2) is 4.79 Å². The van der Waals surface area contributed by atoms with E-state index < -0.39 is 5.97 Å². The zero-order chi connectivity index (χ0) is 22.4. The van der Waals surface area contributed by atoms with Crippen molar-refractivity contribution in [2.75, 3.05) is 0 Å². The third-order valence-electron chi connectivity index (χ3n) is 5.98. The van der Waals surface area contributed by atoms with Crippen molar-refractivity contribution >= 4 is 45.9 Å². The molecule has 2 aromatic carbocycles. The van der Waals surface area contributed by atoms with Crippen molar-refractivity contribution in [2.24, 2.45) is 11.8 Å². The van der Waals surface area contributed by atoms with Gasteiger partial charge in [0.25, 0.3) is 0 Å². The highest BCUT2D eigenvalue weighted by atomic mass is 35.5. The largest absolute Gasteiger partial charge is 0.424 e. The van der Waals surface area contributed by atoms with Gasteiger partial charge in [-0.1, -0.05) is 86.7 Å². The van der Waals surface area contributed by atoms with Gasteiger partial charge in [0, 0.05) is 16.8 Å². The fourth-order valence-corrected chi connectivity index (χ4v) is 4.66. The van der Waals surface area contributed by atoms with E-state index in [1.54, 1.807) is 24.3 Å². The maximum Gasteiger partial charge on any atom is 0.335 e. The van der Waals surface area contributed by atoms with E-state index in [9.17, 15) is 9.59 Å². The number of unbranched alkanes of at least 4 members (excludes halogenated alkanes) is 2. The third kappa shape index (κ3) is 5.61. The van der Waals surface area contributed by atoms with Crippen LogP contribution in [0.1, 0.15) is 58.3 Å². The first-order valence-corrected chi connectivity index (χ1v) is 11.7. The van der Waals surface area contributed by atoms with Gasteiger partial charge in [0.1, 0.15) is 10.0 Å². The molecule has 4 nitrogen and oxygen atoms in total. The average Bonchev–Trinajstić information content (AvgIpc) is 2.79. The molecule has 0 aliphatic heterocycles. The number of benzene rings is 2. The summed E-state index contributed by atoms with van der Waals surface area (Å²) in [5, 5.41) is 1.17. The molecule has 0 N–H and O–H groups in total. The lowest BCUT2D eigenvalue weighted by atomic mass is 9.80. The summed E-state index contributed by atoms with van der Waals surface area (Å²) >= 11 is 12.8. The molecule has 0 atom stereocenters. The highest BCUT2D eigenvalue weighted by Crippen LogP contribution is 2.47. The molecule has 1 aliphatic rings. The maximum absolute atomic E-state index is 12.9. The fraction of sp³-hybridized carbons (Fsp3) is 0.440. The van der Waals surface area contributed by atoms with Crippen LogP contribution < -0.4 is 9.47 Å². The standard InChI is InChI=1S/C25H28Cl2O4/c1-3-5-6-9-16-12-14-17(15-13-16)25(29)31-24-19-11-8-7-10-18(19)23(21(26)22(24)27)30-20(28)4-2/h4,7-8,10-11,16-17H,2-3,5-6,9,12-15H2,1H3. The van der Waals surface area contributed by atoms with Gasteiger partial charge >= 0.3 is 11.9 Å². The molecule has 0 amide bonds. The number of fused-ring (bicyclic) bond motifs is 1. The molecule has 0 heterocycles. The Labute approximate surface area is 193 Å². The molecule has 1 saturated carbocycles. The Kier molecular flexibility index (Phi) is 8.39. The van der Waals surface area contributed by atoms with Crippen molar-refractivity contribution in [3.05, 3.63) is 47.0 Å². The first-order chi connectivity index (χ1) is 15.0. The predicted octanol–water partition coefficient (Wildman–Crippen LogP) is 7.53. The lowest BCUT2D eigenvalue weighted by molar-refractivity contribution is -0.140. The van der Waals surface area contributed by atoms with Crippen molar-refractivity contribution in [1.82, 2.24) is 0 Å². The summed E-state index contributed by atoms with van der Waals surface area (Å²) in [4.78, 5) is 24.7. The second-order valence-corrected chi connectivity index (χ2v) is 8.85. The minimum atomic E-state index is -0.649. The van der Waals surface area contributed by atoms with Gasteiger partial charge < -0.3 is 9.47 Å². The molecule has 3 rings (SSSR count). The van der Waals surface area contributed by atoms with Gasteiger partial charge in [-0.2, -0.15) is 0 Å². The van der Waals surface area contributed by atoms with Gasteiger partial charge in [-0.05, 0) is 31.6 Å². The molecule has 1 fully saturated rings. The first kappa shape index (κ1) is 23.6. The van der Waals surface area contributed by atoms with Crippen molar-refractivity contribution in [3.63, 3.8) is 0 Å². The zero-order valence-electron chi connectivity index (χ0n) is 17.8. The number of ether oxygens (including phenoxy) is 2. The Hall–Kier alpha value is -2.04. The Morgan fingerprint density at radius 3 is 2.13 bits per heavy atom. The van der Waals surface area contributed by atoms with E-state index in [-0.39, 0.29) is 33.4 Å². The van der Waals surface area contributed by atoms with Gasteiger partial charge in [-0.15, -0.1) is 0 Å². The number of carbonyl (C=O) groups is 2. The van der Waals surface area contributed by atoms with Gasteiger partial charge in [0.2, 0.25) is 0 Å². The van der Waals surface area contributed by atoms with Crippen molar-refractivity contribution < 1.29 is 19.1 Å². The smallest absolute Gasteiger partial charge is 0.335 e. The highest BCUT2D eigenvalue weighted by molar-refractivity contribution is 6.45. The molecule has 166 valence electrons. The average molecular weight is 463 g/mol. The van der Waals surface area contributed by atoms with Crippen molar-refractivity contribution in [2.45, 2.75) is 58.3 Å². The number of halogens is 2. The minimum absolute atomic E-state index is 0.0259. The van der Waals surface area contributed by atoms with Crippen LogP contribution in [0.4, 0.5) is 0 Å². The van der Waals surface area contributed by atoms with E-state index in [0.717, 1.165) is 31.8 Å². The number of carbonyl (C=O) groups excluding carboxylic acids is 2. The Balaban J connectivity index is 1.78. The van der Waals surface area contributed by atoms with Crippen molar-refractivity contribution in [3.8, 4) is 11.5 Å². The Bertz CT molecular complexity index is 962. The van der Waals surface area contributed by atoms with Crippen LogP contribution in [0.3, 0.4) is 0 Å². The van der Waals surface area contributed by atoms with E-state index >= 15 is 0 Å². The number of esters is 2. The summed E-state index contributed by atoms with van der Waals surface area (Å²) in [6.45, 7) is 5.62. The SMILES string of the molecule is C=CC(=O)Oc1c(Cl)c(Cl)c(OC(=O)C2CCC(CCCCC)CC2)c2ccccc12. The summed E-state index contributed by atoms with van der Waals surface area (Å²) < 4.78 is 11.1. The van der Waals surface area contributed by atoms with Gasteiger partial charge in [0.15, 0.2) is 11.5 Å². The molecule has 31 heavy (non-hydrogen) atoms. The summed E-state index contributed by atoms with van der Waals surface area (Å²) in [6.07, 6.45) is 9.81. The summed E-state index contributed by atoms with van der Waals surface area (Å²) in [7, 11) is 0. The van der Waals surface area contributed by atoms with Crippen LogP contribution in [0.15, 0.2) is 36.9 Å². The van der Waals surface area contributed by atoms with Crippen LogP contribution in [-0.2, 0) is 9.59 Å². The molecule has 0 radical (unpaired) electrons. The number of hydrogen-bond donors (Lipinski definition) is 0. The second kappa shape index (κ2) is 11.0. The molecule has 2 aromatic rings. The maximum atomic E-state index is 12.9. The van der Waals surface area contributed by atoms with Gasteiger partial charge in [-0.3, -0.25) is 4.79 Å². The molecule has 0 bridgehead atoms. The van der Waals surface area contributed by atoms with Crippen LogP contribution in [0, 0.1) is 11.8 Å². The first-order valence-electron chi connectivity index (χ1n) is 10.9. The fourth-order valence-electron chi connectivity index (χ4n) is 4.21. The number of hydrogen-bond acceptors (Lipinski definition) is 4. The Morgan fingerprint density at radius 1 is 1.00 bits per heavy atom. The van der Waals surface area contributed by atoms with Crippen LogP contribution >= 0.6 is 23.2 Å². The molecule has 1 aliphatic carbocycles. The van der Waals surface area contributed by atoms with Crippen molar-refractivity contribution in [1.29, 1.82) is 0 Å². The van der Waals surface area contributed by atoms with E-state index in [1.165, 1.54) is 25.7 Å². The normalized spacial score (nSPS) is 18.5. The second-order valence-electron chi connectivity index (χ2n) is 8.09. The van der Waals surface area contributed by atoms with E-state index in [4.69, 9.17) is 32.7 Å².